The molecule has 3 atom stereocenters. The van der Waals surface area contributed by atoms with E-state index in [1.165, 1.54) is 6.92 Å². The van der Waals surface area contributed by atoms with Gasteiger partial charge in [0.15, 0.2) is 6.04 Å². The summed E-state index contributed by atoms with van der Waals surface area (Å²) < 4.78 is 0. The SMILES string of the molecule is CC(O)C(NC(=O)[C@@H]1CCCCN1)C(=O)O. The van der Waals surface area contributed by atoms with Crippen LogP contribution in [-0.4, -0.2) is 46.8 Å². The van der Waals surface area contributed by atoms with Crippen LogP contribution in [0.3, 0.4) is 0 Å². The van der Waals surface area contributed by atoms with E-state index in [0.29, 0.717) is 6.42 Å². The minimum absolute atomic E-state index is 0.339. The van der Waals surface area contributed by atoms with E-state index < -0.39 is 18.1 Å². The highest BCUT2D eigenvalue weighted by atomic mass is 16.4. The van der Waals surface area contributed by atoms with Crippen molar-refractivity contribution in [2.24, 2.45) is 0 Å². The number of rotatable bonds is 4. The van der Waals surface area contributed by atoms with Crippen LogP contribution in [0.4, 0.5) is 0 Å². The lowest BCUT2D eigenvalue weighted by Crippen LogP contribution is -2.54. The van der Waals surface area contributed by atoms with Crippen LogP contribution in [0.5, 0.6) is 0 Å². The summed E-state index contributed by atoms with van der Waals surface area (Å²) in [6.07, 6.45) is 1.59. The van der Waals surface area contributed by atoms with Gasteiger partial charge in [0, 0.05) is 0 Å². The van der Waals surface area contributed by atoms with Crippen LogP contribution in [0.2, 0.25) is 0 Å². The molecule has 16 heavy (non-hydrogen) atoms. The first-order valence-electron chi connectivity index (χ1n) is 5.47. The quantitative estimate of drug-likeness (QED) is 0.500. The normalized spacial score (nSPS) is 24.5. The number of carboxylic acid groups (broad SMARTS) is 1. The largest absolute Gasteiger partial charge is 0.480 e. The van der Waals surface area contributed by atoms with Gasteiger partial charge >= 0.3 is 5.97 Å². The molecule has 1 rings (SSSR count). The number of piperidine rings is 1. The molecule has 1 aliphatic rings. The second kappa shape index (κ2) is 5.81. The van der Waals surface area contributed by atoms with Crippen LogP contribution in [-0.2, 0) is 9.59 Å². The fraction of sp³-hybridized carbons (Fsp3) is 0.800. The van der Waals surface area contributed by atoms with Crippen molar-refractivity contribution in [2.75, 3.05) is 6.54 Å². The molecule has 0 aliphatic carbocycles. The number of carbonyl (C=O) groups is 2. The van der Waals surface area contributed by atoms with Crippen molar-refractivity contribution in [3.8, 4) is 0 Å². The molecule has 1 heterocycles. The second-order valence-electron chi connectivity index (χ2n) is 4.07. The van der Waals surface area contributed by atoms with Gasteiger partial charge in [-0.15, -0.1) is 0 Å². The van der Waals surface area contributed by atoms with Crippen LogP contribution >= 0.6 is 0 Å². The molecular formula is C10H18N2O4. The monoisotopic (exact) mass is 230 g/mol. The van der Waals surface area contributed by atoms with E-state index >= 15 is 0 Å². The number of carboxylic acids is 1. The summed E-state index contributed by atoms with van der Waals surface area (Å²) in [4.78, 5) is 22.4. The third-order valence-electron chi connectivity index (χ3n) is 2.67. The minimum atomic E-state index is -1.24. The minimum Gasteiger partial charge on any atom is -0.480 e. The van der Waals surface area contributed by atoms with E-state index in [1.54, 1.807) is 0 Å². The molecule has 4 N–H and O–H groups in total. The number of hydrogen-bond acceptors (Lipinski definition) is 4. The van der Waals surface area contributed by atoms with Crippen molar-refractivity contribution >= 4 is 11.9 Å². The Morgan fingerprint density at radius 2 is 2.12 bits per heavy atom. The molecular weight excluding hydrogens is 212 g/mol. The Kier molecular flexibility index (Phi) is 4.70. The Hall–Kier alpha value is -1.14. The number of nitrogens with one attached hydrogen (secondary N) is 2. The molecule has 1 fully saturated rings. The van der Waals surface area contributed by atoms with Crippen LogP contribution in [0.1, 0.15) is 26.2 Å². The Balaban J connectivity index is 2.50. The Labute approximate surface area is 94.0 Å². The zero-order valence-corrected chi connectivity index (χ0v) is 9.27. The first-order valence-corrected chi connectivity index (χ1v) is 5.47. The molecule has 0 spiro atoms. The van der Waals surface area contributed by atoms with E-state index in [1.807, 2.05) is 0 Å². The van der Waals surface area contributed by atoms with Crippen LogP contribution in [0.25, 0.3) is 0 Å². The Morgan fingerprint density at radius 3 is 2.56 bits per heavy atom. The van der Waals surface area contributed by atoms with Crippen LogP contribution < -0.4 is 10.6 Å². The number of aliphatic hydroxyl groups excluding tert-OH is 1. The second-order valence-corrected chi connectivity index (χ2v) is 4.07. The fourth-order valence-corrected chi connectivity index (χ4v) is 1.72. The highest BCUT2D eigenvalue weighted by Gasteiger charge is 2.28. The first-order chi connectivity index (χ1) is 7.52. The van der Waals surface area contributed by atoms with Gasteiger partial charge in [0.1, 0.15) is 0 Å². The van der Waals surface area contributed by atoms with Gasteiger partial charge in [-0.05, 0) is 26.3 Å². The number of amides is 1. The number of aliphatic hydroxyl groups is 1. The third kappa shape index (κ3) is 3.46. The zero-order valence-electron chi connectivity index (χ0n) is 9.27. The first kappa shape index (κ1) is 12.9. The maximum Gasteiger partial charge on any atom is 0.328 e. The fourth-order valence-electron chi connectivity index (χ4n) is 1.72. The van der Waals surface area contributed by atoms with E-state index in [4.69, 9.17) is 5.11 Å². The Bertz CT molecular complexity index is 262. The predicted molar refractivity (Wildman–Crippen MR) is 56.9 cm³/mol. The summed E-state index contributed by atoms with van der Waals surface area (Å²) in [5.74, 6) is -1.58. The molecule has 1 amide bonds. The predicted octanol–water partition coefficient (Wildman–Crippen LogP) is -0.921. The molecule has 1 aliphatic heterocycles. The molecule has 6 nitrogen and oxygen atoms in total. The third-order valence-corrected chi connectivity index (χ3v) is 2.67. The molecule has 6 heteroatoms. The van der Waals surface area contributed by atoms with Crippen molar-refractivity contribution in [2.45, 2.75) is 44.4 Å². The average Bonchev–Trinajstić information content (AvgIpc) is 2.25. The van der Waals surface area contributed by atoms with Crippen molar-refractivity contribution in [3.63, 3.8) is 0 Å². The maximum atomic E-state index is 11.7. The standard InChI is InChI=1S/C10H18N2O4/c1-6(13)8(10(15)16)12-9(14)7-4-2-3-5-11-7/h6-8,11,13H,2-5H2,1H3,(H,12,14)(H,15,16)/t6?,7-,8?/m0/s1. The summed E-state index contributed by atoms with van der Waals surface area (Å²) in [7, 11) is 0. The average molecular weight is 230 g/mol. The zero-order chi connectivity index (χ0) is 12.1. The lowest BCUT2D eigenvalue weighted by Gasteiger charge is -2.25. The molecule has 0 saturated carbocycles. The van der Waals surface area contributed by atoms with Gasteiger partial charge in [0.25, 0.3) is 0 Å². The van der Waals surface area contributed by atoms with Crippen molar-refractivity contribution in [1.29, 1.82) is 0 Å². The summed E-state index contributed by atoms with van der Waals surface area (Å²) in [5, 5.41) is 23.4. The summed E-state index contributed by atoms with van der Waals surface area (Å²) in [5.41, 5.74) is 0. The van der Waals surface area contributed by atoms with Gasteiger partial charge in [-0.1, -0.05) is 6.42 Å². The van der Waals surface area contributed by atoms with Crippen LogP contribution in [0.15, 0.2) is 0 Å². The van der Waals surface area contributed by atoms with E-state index in [9.17, 15) is 14.7 Å². The molecule has 2 unspecified atom stereocenters. The summed E-state index contributed by atoms with van der Waals surface area (Å²) in [6, 6.07) is -1.58. The van der Waals surface area contributed by atoms with Crippen molar-refractivity contribution in [1.82, 2.24) is 10.6 Å². The lowest BCUT2D eigenvalue weighted by molar-refractivity contribution is -0.145. The van der Waals surface area contributed by atoms with Gasteiger partial charge in [0.05, 0.1) is 12.1 Å². The van der Waals surface area contributed by atoms with Gasteiger partial charge in [-0.25, -0.2) is 4.79 Å². The molecule has 92 valence electrons. The van der Waals surface area contributed by atoms with Gasteiger partial charge in [0.2, 0.25) is 5.91 Å². The van der Waals surface area contributed by atoms with E-state index in [2.05, 4.69) is 10.6 Å². The smallest absolute Gasteiger partial charge is 0.328 e. The molecule has 0 bridgehead atoms. The topological polar surface area (TPSA) is 98.7 Å². The van der Waals surface area contributed by atoms with E-state index in [-0.39, 0.29) is 11.9 Å². The molecule has 1 saturated heterocycles. The van der Waals surface area contributed by atoms with Gasteiger partial charge < -0.3 is 20.8 Å². The molecule has 0 aromatic heterocycles. The number of hydrogen-bond donors (Lipinski definition) is 4. The van der Waals surface area contributed by atoms with E-state index in [0.717, 1.165) is 19.4 Å². The highest BCUT2D eigenvalue weighted by Crippen LogP contribution is 2.07. The summed E-state index contributed by atoms with van der Waals surface area (Å²) >= 11 is 0. The highest BCUT2D eigenvalue weighted by molar-refractivity contribution is 5.87. The number of aliphatic carboxylic acids is 1. The van der Waals surface area contributed by atoms with Gasteiger partial charge in [-0.3, -0.25) is 4.79 Å². The van der Waals surface area contributed by atoms with Crippen LogP contribution in [0, 0.1) is 0 Å². The van der Waals surface area contributed by atoms with Crippen molar-refractivity contribution < 1.29 is 19.8 Å². The van der Waals surface area contributed by atoms with Gasteiger partial charge in [-0.2, -0.15) is 0 Å². The maximum absolute atomic E-state index is 11.7. The van der Waals surface area contributed by atoms with Crippen molar-refractivity contribution in [3.05, 3.63) is 0 Å². The Morgan fingerprint density at radius 1 is 1.44 bits per heavy atom. The molecule has 0 radical (unpaired) electrons. The number of carbonyl (C=O) groups excluding carboxylic acids is 1. The lowest BCUT2D eigenvalue weighted by atomic mass is 10.0. The molecule has 0 aromatic carbocycles. The molecule has 0 aromatic rings. The summed E-state index contributed by atoms with van der Waals surface area (Å²) in [6.45, 7) is 2.11.